The van der Waals surface area contributed by atoms with Gasteiger partial charge in [0.05, 0.1) is 28.6 Å². The molecule has 8 heterocycles. The van der Waals surface area contributed by atoms with E-state index in [0.29, 0.717) is 0 Å². The second-order valence-electron chi connectivity index (χ2n) is 37.3. The number of hydrogen-bond donors (Lipinski definition) is 0. The van der Waals surface area contributed by atoms with Crippen molar-refractivity contribution < 1.29 is 14.2 Å². The number of thioether (sulfide) groups is 2. The van der Waals surface area contributed by atoms with E-state index in [0.717, 1.165) is 56.3 Å². The van der Waals surface area contributed by atoms with Crippen LogP contribution in [0.5, 0.6) is 17.2 Å². The first-order valence-corrected chi connectivity index (χ1v) is 70.8. The molecule has 0 bridgehead atoms. The average Bonchev–Trinajstić information content (AvgIpc) is 1.59. The Morgan fingerprint density at radius 3 is 0.952 bits per heavy atom. The molecule has 0 aliphatic carbocycles. The standard InChI is InChI=1S/C48H70OS5.C35H55O2S2.C23H34Br2S3.3CH3.Sn/c1-7-9-11-13-15-17-19-20-22-24-26-28-30-50-43-33-37(5)52-48(43)45-35(3)31-41(53-45)42-34-39-38(6)46-40(32-36(4)51-46)44(47(39)54-42)49-29-27-25-23-21-18-16-14-12-10-8-2;1-4-6-8-10-12-14-16-18-20-22-25-36-32-30-24-27-38-34(30)33(31-28-29(3)39-35(31)32)37-26-23-21-19-17-15-13-11-9-7-5-2;1-3-4-5-6-7-8-9-10-11-12-13-14-15-26-19-17-21(25)28-23(19)22-18(2)16-20(24)27-22;;;;/h31-34H,7-30H2,1-6H3;24,28H,4-23,25-26H2,1-3H3;16-17H,3-15H2,1-2H3;3*1H3;. The second-order valence-corrected chi connectivity index (χ2v) is 66.8. The molecule has 0 aliphatic heterocycles. The fourth-order valence-electron chi connectivity index (χ4n) is 17.2. The van der Waals surface area contributed by atoms with Crippen molar-refractivity contribution in [2.75, 3.05) is 31.3 Å². The van der Waals surface area contributed by atoms with Gasteiger partial charge in [0.25, 0.3) is 0 Å². The molecule has 0 fully saturated rings. The summed E-state index contributed by atoms with van der Waals surface area (Å²) in [6.07, 6.45) is 74.5. The van der Waals surface area contributed by atoms with Crippen LogP contribution < -0.4 is 17.1 Å². The molecule has 8 aromatic heterocycles. The van der Waals surface area contributed by atoms with Gasteiger partial charge in [-0.1, -0.05) is 285 Å². The predicted octanol–water partition coefficient (Wildman–Crippen LogP) is 43.6. The van der Waals surface area contributed by atoms with Crippen LogP contribution in [-0.4, -0.2) is 49.7 Å². The van der Waals surface area contributed by atoms with Crippen LogP contribution >= 0.6 is 146 Å². The first kappa shape index (κ1) is 109. The van der Waals surface area contributed by atoms with Gasteiger partial charge in [-0.15, -0.1) is 91.5 Å². The molecule has 0 saturated heterocycles. The first-order valence-electron chi connectivity index (χ1n) is 50.8. The molecule has 2 aromatic carbocycles. The molecular weight excluding hydrogens is 1960 g/mol. The third-order valence-electron chi connectivity index (χ3n) is 24.7. The van der Waals surface area contributed by atoms with Gasteiger partial charge >= 0.3 is 214 Å². The zero-order valence-corrected chi connectivity index (χ0v) is 95.1. The van der Waals surface area contributed by atoms with Gasteiger partial charge in [0.15, 0.2) is 0 Å². The number of fused-ring (bicyclic) bond motifs is 4. The SMILES string of the molecule is CCCCCCCCCCCCCCSc1cc(Br)sc1-c1sc(Br)cc1C.CCCCCCCCCCCCCCSc1cc(C)sc1-c1sc(-c2cc3c(C)c4sc(C)cc4c(OCCCCCCCCCCCC)c3s2)cc1C.CCCCCCCCCCCCOc1c2c[c]([Sn]([CH3])([CH3])[CH3])sc2c(OCCCCCCCCCCCC)c2cc(C)sc12. The molecular formula is C109H168Br2O3S10Sn. The monoisotopic (exact) mass is 2120 g/mol. The summed E-state index contributed by atoms with van der Waals surface area (Å²) in [6, 6.07) is 19.1. The summed E-state index contributed by atoms with van der Waals surface area (Å²) in [7, 11) is 0. The predicted molar refractivity (Wildman–Crippen MR) is 591 cm³/mol. The summed E-state index contributed by atoms with van der Waals surface area (Å²) < 4.78 is 29.6. The van der Waals surface area contributed by atoms with Gasteiger partial charge in [0.1, 0.15) is 5.75 Å². The van der Waals surface area contributed by atoms with Crippen molar-refractivity contribution in [2.24, 2.45) is 0 Å². The number of hydrogen-bond acceptors (Lipinski definition) is 13. The van der Waals surface area contributed by atoms with Gasteiger partial charge in [-0.05, 0) is 150 Å². The van der Waals surface area contributed by atoms with E-state index in [2.05, 4.69) is 183 Å². The Morgan fingerprint density at radius 2 is 0.560 bits per heavy atom. The van der Waals surface area contributed by atoms with Crippen LogP contribution in [0.3, 0.4) is 0 Å². The molecule has 0 spiro atoms. The van der Waals surface area contributed by atoms with Gasteiger partial charge in [0, 0.05) is 54.5 Å². The molecule has 10 aromatic rings. The Kier molecular flexibility index (Phi) is 56.0. The van der Waals surface area contributed by atoms with Crippen LogP contribution in [-0.2, 0) is 0 Å². The first-order chi connectivity index (χ1) is 60.9. The summed E-state index contributed by atoms with van der Waals surface area (Å²) in [5.74, 6) is 5.85. The van der Waals surface area contributed by atoms with Crippen LogP contribution in [0, 0.1) is 41.5 Å². The molecule has 10 rings (SSSR count). The Bertz CT molecular complexity index is 4440. The van der Waals surface area contributed by atoms with E-state index in [4.69, 9.17) is 14.2 Å². The summed E-state index contributed by atoms with van der Waals surface area (Å²) in [6.45, 7) is 27.5. The fourth-order valence-corrected chi connectivity index (χ4v) is 35.7. The number of unbranched alkanes of at least 4 members (excludes halogenated alkanes) is 49. The third kappa shape index (κ3) is 39.3. The van der Waals surface area contributed by atoms with Crippen molar-refractivity contribution in [2.45, 2.75) is 447 Å². The Hall–Kier alpha value is -1.06. The van der Waals surface area contributed by atoms with Crippen LogP contribution in [0.15, 0.2) is 65.9 Å². The van der Waals surface area contributed by atoms with Crippen molar-refractivity contribution in [1.29, 1.82) is 0 Å². The molecule has 16 heteroatoms. The van der Waals surface area contributed by atoms with Crippen LogP contribution in [0.2, 0.25) is 14.8 Å². The Morgan fingerprint density at radius 1 is 0.264 bits per heavy atom. The van der Waals surface area contributed by atoms with Gasteiger partial charge in [-0.2, -0.15) is 0 Å². The van der Waals surface area contributed by atoms with E-state index in [1.807, 2.05) is 102 Å². The molecule has 0 saturated carbocycles. The third-order valence-corrected chi connectivity index (χ3v) is 47.3. The van der Waals surface area contributed by atoms with Crippen LogP contribution in [0.1, 0.15) is 413 Å². The van der Waals surface area contributed by atoms with E-state index in [-0.39, 0.29) is 0 Å². The molecule has 0 amide bonds. The Labute approximate surface area is 825 Å². The van der Waals surface area contributed by atoms with E-state index >= 15 is 0 Å². The Balaban J connectivity index is 0.000000244. The molecule has 0 N–H and O–H groups in total. The topological polar surface area (TPSA) is 27.7 Å². The number of aryl methyl sites for hydroxylation is 6. The minimum absolute atomic E-state index is 0.811. The van der Waals surface area contributed by atoms with Gasteiger partial charge in [-0.3, -0.25) is 0 Å². The number of ether oxygens (including phenoxy) is 3. The number of benzene rings is 2. The summed E-state index contributed by atoms with van der Waals surface area (Å²) in [5, 5.41) is 5.28. The molecule has 125 heavy (non-hydrogen) atoms. The van der Waals surface area contributed by atoms with Crippen LogP contribution in [0.4, 0.5) is 0 Å². The number of thiophene rings is 8. The van der Waals surface area contributed by atoms with Crippen molar-refractivity contribution in [3.05, 3.63) is 87.4 Å². The molecule has 700 valence electrons. The van der Waals surface area contributed by atoms with E-state index in [1.54, 1.807) is 2.89 Å². The normalized spacial score (nSPS) is 11.9. The molecule has 0 radical (unpaired) electrons. The molecule has 3 nitrogen and oxygen atoms in total. The van der Waals surface area contributed by atoms with E-state index < -0.39 is 18.4 Å². The van der Waals surface area contributed by atoms with Crippen LogP contribution in [0.25, 0.3) is 69.6 Å². The molecule has 0 unspecified atom stereocenters. The summed E-state index contributed by atoms with van der Waals surface area (Å²) in [4.78, 5) is 23.2. The van der Waals surface area contributed by atoms with E-state index in [1.165, 1.54) is 457 Å². The minimum atomic E-state index is -2.25. The second kappa shape index (κ2) is 64.0. The maximum absolute atomic E-state index is 6.76. The summed E-state index contributed by atoms with van der Waals surface area (Å²) >= 11 is 24.7. The number of rotatable bonds is 68. The zero-order chi connectivity index (χ0) is 89.2. The van der Waals surface area contributed by atoms with Crippen molar-refractivity contribution in [3.63, 3.8) is 0 Å². The fraction of sp³-hybridized carbons (Fsp3) is 0.670. The summed E-state index contributed by atoms with van der Waals surface area (Å²) in [5.41, 5.74) is 4.19. The quantitative estimate of drug-likeness (QED) is 0.0215. The maximum atomic E-state index is 6.76. The van der Waals surface area contributed by atoms with Gasteiger partial charge < -0.3 is 4.74 Å². The zero-order valence-electron chi connectivity index (χ0n) is 80.9. The van der Waals surface area contributed by atoms with Gasteiger partial charge in [0.2, 0.25) is 0 Å². The number of halogens is 2. The average molecular weight is 2130 g/mol. The van der Waals surface area contributed by atoms with Crippen molar-refractivity contribution in [3.8, 4) is 46.5 Å². The van der Waals surface area contributed by atoms with Gasteiger partial charge in [-0.25, -0.2) is 0 Å². The van der Waals surface area contributed by atoms with E-state index in [9.17, 15) is 0 Å². The molecule has 0 atom stereocenters. The van der Waals surface area contributed by atoms with Crippen molar-refractivity contribution in [1.82, 2.24) is 0 Å². The molecule has 0 aliphatic rings. The van der Waals surface area contributed by atoms with Crippen molar-refractivity contribution >= 4 is 208 Å².